The molecule has 1 aliphatic heterocycles. The summed E-state index contributed by atoms with van der Waals surface area (Å²) in [5, 5.41) is 6.47. The van der Waals surface area contributed by atoms with Gasteiger partial charge >= 0.3 is 0 Å². The van der Waals surface area contributed by atoms with Gasteiger partial charge in [-0.05, 0) is 29.4 Å². The number of amides is 1. The van der Waals surface area contributed by atoms with Crippen LogP contribution >= 0.6 is 0 Å². The second-order valence-electron chi connectivity index (χ2n) is 6.16. The van der Waals surface area contributed by atoms with Gasteiger partial charge in [0.05, 0.1) is 6.04 Å². The van der Waals surface area contributed by atoms with Gasteiger partial charge < -0.3 is 10.6 Å². The van der Waals surface area contributed by atoms with Crippen LogP contribution in [0.1, 0.15) is 31.4 Å². The van der Waals surface area contributed by atoms with Crippen molar-refractivity contribution in [2.45, 2.75) is 45.3 Å². The van der Waals surface area contributed by atoms with E-state index in [2.05, 4.69) is 36.6 Å². The minimum atomic E-state index is -0.0729. The number of hydrogen-bond donors (Lipinski definition) is 2. The fraction of sp³-hybridized carbons (Fsp3) is 0.533. The summed E-state index contributed by atoms with van der Waals surface area (Å²) in [4.78, 5) is 12.2. The molecule has 3 nitrogen and oxygen atoms in total. The lowest BCUT2D eigenvalue weighted by molar-refractivity contribution is -0.123. The molecule has 3 rings (SSSR count). The van der Waals surface area contributed by atoms with E-state index in [1.807, 2.05) is 12.1 Å². The highest BCUT2D eigenvalue weighted by molar-refractivity contribution is 5.83. The summed E-state index contributed by atoms with van der Waals surface area (Å²) in [5.74, 6) is 0.153. The lowest BCUT2D eigenvalue weighted by atomic mass is 9.95. The molecule has 1 unspecified atom stereocenters. The third-order valence-corrected chi connectivity index (χ3v) is 4.23. The van der Waals surface area contributed by atoms with E-state index in [9.17, 15) is 4.79 Å². The molecule has 0 spiro atoms. The van der Waals surface area contributed by atoms with Gasteiger partial charge in [-0.15, -0.1) is 0 Å². The molecular formula is C15H20N2O. The van der Waals surface area contributed by atoms with E-state index < -0.39 is 0 Å². The zero-order valence-electron chi connectivity index (χ0n) is 11.0. The monoisotopic (exact) mass is 244 g/mol. The fourth-order valence-electron chi connectivity index (χ4n) is 2.63. The fourth-order valence-corrected chi connectivity index (χ4v) is 2.63. The standard InChI is InChI=1S/C15H20N2O/c1-15(2)8-13(15)17-14(18)12-7-10-5-3-4-6-11(10)9-16-12/h3-6,12-13,16H,7-9H2,1-2H3,(H,17,18)/t12-,13?/m0/s1. The lowest BCUT2D eigenvalue weighted by Gasteiger charge is -2.25. The number of nitrogens with one attached hydrogen (secondary N) is 2. The highest BCUT2D eigenvalue weighted by atomic mass is 16.2. The Morgan fingerprint density at radius 3 is 2.67 bits per heavy atom. The Hall–Kier alpha value is -1.35. The van der Waals surface area contributed by atoms with Crippen molar-refractivity contribution in [2.24, 2.45) is 5.41 Å². The third-order valence-electron chi connectivity index (χ3n) is 4.23. The lowest BCUT2D eigenvalue weighted by Crippen LogP contribution is -2.48. The molecule has 2 aliphatic rings. The zero-order valence-corrected chi connectivity index (χ0v) is 11.0. The topological polar surface area (TPSA) is 41.1 Å². The summed E-state index contributed by atoms with van der Waals surface area (Å²) in [6.45, 7) is 5.19. The Labute approximate surface area is 108 Å². The first-order valence-electron chi connectivity index (χ1n) is 6.67. The van der Waals surface area contributed by atoms with Gasteiger partial charge in [0.2, 0.25) is 5.91 Å². The van der Waals surface area contributed by atoms with Gasteiger partial charge in [0.25, 0.3) is 0 Å². The van der Waals surface area contributed by atoms with Crippen molar-refractivity contribution in [3.05, 3.63) is 35.4 Å². The number of hydrogen-bond acceptors (Lipinski definition) is 2. The van der Waals surface area contributed by atoms with Crippen molar-refractivity contribution >= 4 is 5.91 Å². The maximum atomic E-state index is 12.2. The highest BCUT2D eigenvalue weighted by Gasteiger charge is 2.47. The molecule has 1 aromatic rings. The van der Waals surface area contributed by atoms with Crippen LogP contribution in [-0.4, -0.2) is 18.0 Å². The molecule has 18 heavy (non-hydrogen) atoms. The van der Waals surface area contributed by atoms with E-state index in [0.717, 1.165) is 19.4 Å². The van der Waals surface area contributed by atoms with E-state index >= 15 is 0 Å². The molecule has 1 aromatic carbocycles. The molecule has 1 heterocycles. The van der Waals surface area contributed by atoms with Crippen molar-refractivity contribution in [1.82, 2.24) is 10.6 Å². The molecule has 2 atom stereocenters. The number of carbonyl (C=O) groups is 1. The maximum Gasteiger partial charge on any atom is 0.237 e. The van der Waals surface area contributed by atoms with Gasteiger partial charge in [0.1, 0.15) is 0 Å². The molecule has 0 bridgehead atoms. The molecule has 0 saturated heterocycles. The first kappa shape index (κ1) is 11.7. The predicted molar refractivity (Wildman–Crippen MR) is 71.1 cm³/mol. The molecule has 0 radical (unpaired) electrons. The molecule has 2 N–H and O–H groups in total. The first-order chi connectivity index (χ1) is 8.56. The van der Waals surface area contributed by atoms with Crippen LogP contribution in [0.3, 0.4) is 0 Å². The summed E-state index contributed by atoms with van der Waals surface area (Å²) in [6.07, 6.45) is 1.90. The molecule has 1 aliphatic carbocycles. The summed E-state index contributed by atoms with van der Waals surface area (Å²) in [7, 11) is 0. The smallest absolute Gasteiger partial charge is 0.237 e. The van der Waals surface area contributed by atoms with Crippen LogP contribution in [0.4, 0.5) is 0 Å². The van der Waals surface area contributed by atoms with Gasteiger partial charge in [-0.25, -0.2) is 0 Å². The van der Waals surface area contributed by atoms with Crippen LogP contribution in [0, 0.1) is 5.41 Å². The van der Waals surface area contributed by atoms with Crippen LogP contribution in [0.5, 0.6) is 0 Å². The summed E-state index contributed by atoms with van der Waals surface area (Å²) in [6, 6.07) is 8.63. The van der Waals surface area contributed by atoms with Crippen LogP contribution in [0.15, 0.2) is 24.3 Å². The molecule has 96 valence electrons. The number of fused-ring (bicyclic) bond motifs is 1. The molecule has 0 aromatic heterocycles. The Morgan fingerprint density at radius 1 is 1.33 bits per heavy atom. The molecule has 3 heteroatoms. The number of benzene rings is 1. The minimum absolute atomic E-state index is 0.0729. The molecule has 1 fully saturated rings. The van der Waals surface area contributed by atoms with Crippen molar-refractivity contribution in [3.8, 4) is 0 Å². The van der Waals surface area contributed by atoms with Crippen LogP contribution in [-0.2, 0) is 17.8 Å². The van der Waals surface area contributed by atoms with Gasteiger partial charge in [0, 0.05) is 12.6 Å². The molecule has 1 saturated carbocycles. The Bertz CT molecular complexity index is 481. The first-order valence-corrected chi connectivity index (χ1v) is 6.67. The average molecular weight is 244 g/mol. The van der Waals surface area contributed by atoms with Crippen molar-refractivity contribution < 1.29 is 4.79 Å². The number of rotatable bonds is 2. The maximum absolute atomic E-state index is 12.2. The predicted octanol–water partition coefficient (Wildman–Crippen LogP) is 1.62. The Kier molecular flexibility index (Phi) is 2.67. The van der Waals surface area contributed by atoms with Crippen LogP contribution in [0.2, 0.25) is 0 Å². The average Bonchev–Trinajstić information content (AvgIpc) is 2.95. The van der Waals surface area contributed by atoms with E-state index in [-0.39, 0.29) is 11.9 Å². The number of carbonyl (C=O) groups excluding carboxylic acids is 1. The summed E-state index contributed by atoms with van der Waals surface area (Å²) in [5.41, 5.74) is 2.90. The van der Waals surface area contributed by atoms with Crippen LogP contribution < -0.4 is 10.6 Å². The normalized spacial score (nSPS) is 28.3. The molecular weight excluding hydrogens is 224 g/mol. The highest BCUT2D eigenvalue weighted by Crippen LogP contribution is 2.44. The third kappa shape index (κ3) is 2.15. The van der Waals surface area contributed by atoms with Crippen molar-refractivity contribution in [2.75, 3.05) is 0 Å². The van der Waals surface area contributed by atoms with E-state index in [0.29, 0.717) is 11.5 Å². The molecule has 1 amide bonds. The zero-order chi connectivity index (χ0) is 12.8. The minimum Gasteiger partial charge on any atom is -0.351 e. The van der Waals surface area contributed by atoms with E-state index in [1.165, 1.54) is 11.1 Å². The van der Waals surface area contributed by atoms with E-state index in [1.54, 1.807) is 0 Å². The largest absolute Gasteiger partial charge is 0.351 e. The van der Waals surface area contributed by atoms with Crippen LogP contribution in [0.25, 0.3) is 0 Å². The summed E-state index contributed by atoms with van der Waals surface area (Å²) >= 11 is 0. The van der Waals surface area contributed by atoms with Gasteiger partial charge in [-0.2, -0.15) is 0 Å². The van der Waals surface area contributed by atoms with Gasteiger partial charge in [0.15, 0.2) is 0 Å². The summed E-state index contributed by atoms with van der Waals surface area (Å²) < 4.78 is 0. The van der Waals surface area contributed by atoms with E-state index in [4.69, 9.17) is 0 Å². The quantitative estimate of drug-likeness (QED) is 0.830. The Morgan fingerprint density at radius 2 is 2.00 bits per heavy atom. The van der Waals surface area contributed by atoms with Gasteiger partial charge in [-0.3, -0.25) is 4.79 Å². The van der Waals surface area contributed by atoms with Gasteiger partial charge in [-0.1, -0.05) is 38.1 Å². The Balaban J connectivity index is 1.64. The second-order valence-corrected chi connectivity index (χ2v) is 6.16. The second kappa shape index (κ2) is 4.09. The van der Waals surface area contributed by atoms with Crippen molar-refractivity contribution in [1.29, 1.82) is 0 Å². The van der Waals surface area contributed by atoms with Crippen molar-refractivity contribution in [3.63, 3.8) is 0 Å². The SMILES string of the molecule is CC1(C)CC1NC(=O)[C@@H]1Cc2ccccc2CN1.